The number of anilines is 2. The molecule has 0 saturated heterocycles. The minimum atomic E-state index is -0.780. The van der Waals surface area contributed by atoms with Crippen LogP contribution in [0.2, 0.25) is 5.02 Å². The van der Waals surface area contributed by atoms with Crippen LogP contribution in [-0.2, 0) is 22.6 Å². The fourth-order valence-electron chi connectivity index (χ4n) is 3.29. The van der Waals surface area contributed by atoms with Crippen molar-refractivity contribution >= 4 is 29.2 Å². The molecule has 34 heavy (non-hydrogen) atoms. The van der Waals surface area contributed by atoms with E-state index in [0.717, 1.165) is 10.1 Å². The van der Waals surface area contributed by atoms with Crippen LogP contribution < -0.4 is 21.4 Å². The Morgan fingerprint density at radius 1 is 1.06 bits per heavy atom. The number of hydrogen-bond acceptors (Lipinski definition) is 7. The van der Waals surface area contributed by atoms with Crippen molar-refractivity contribution in [2.45, 2.75) is 40.0 Å². The fourth-order valence-corrected chi connectivity index (χ4v) is 3.42. The van der Waals surface area contributed by atoms with Gasteiger partial charge in [-0.2, -0.15) is 4.98 Å². The van der Waals surface area contributed by atoms with Crippen molar-refractivity contribution in [1.82, 2.24) is 14.1 Å². The zero-order valence-electron chi connectivity index (χ0n) is 19.4. The molecule has 2 aromatic carbocycles. The second-order valence-corrected chi connectivity index (χ2v) is 8.47. The lowest BCUT2D eigenvalue weighted by molar-refractivity contribution is -0.145. The first-order valence-corrected chi connectivity index (χ1v) is 11.1. The molecule has 3 rings (SSSR count). The minimum Gasteiger partial charge on any atom is -0.489 e. The minimum absolute atomic E-state index is 0.0479. The molecule has 180 valence electrons. The topological polar surface area (TPSA) is 104 Å². The maximum atomic E-state index is 13.4. The van der Waals surface area contributed by atoms with E-state index in [1.54, 1.807) is 49.4 Å². The normalized spacial score (nSPS) is 11.8. The second kappa shape index (κ2) is 11.0. The van der Waals surface area contributed by atoms with Gasteiger partial charge in [-0.15, -0.1) is 0 Å². The second-order valence-electron chi connectivity index (χ2n) is 8.04. The molecule has 3 aromatic rings. The van der Waals surface area contributed by atoms with E-state index in [2.05, 4.69) is 10.3 Å². The molecule has 10 heteroatoms. The molecule has 0 fully saturated rings. The predicted octanol–water partition coefficient (Wildman–Crippen LogP) is 3.45. The molecule has 0 radical (unpaired) electrons. The summed E-state index contributed by atoms with van der Waals surface area (Å²) in [6, 6.07) is 14.2. The predicted molar refractivity (Wildman–Crippen MR) is 130 cm³/mol. The number of carbonyl (C=O) groups excluding carboxylic acids is 1. The van der Waals surface area contributed by atoms with Gasteiger partial charge < -0.3 is 14.8 Å². The van der Waals surface area contributed by atoms with Crippen molar-refractivity contribution in [3.05, 3.63) is 80.1 Å². The van der Waals surface area contributed by atoms with E-state index >= 15 is 0 Å². The fraction of sp³-hybridized carbons (Fsp3) is 0.333. The third-order valence-corrected chi connectivity index (χ3v) is 5.21. The molecule has 9 nitrogen and oxygen atoms in total. The standard InChI is InChI=1S/C24H27ClN4O5/c1-15(2)34-20-8-6-5-7-19(20)26-22-27-23(31)29(13-16(3)21(30)33-4)24(32)28(22)14-17-9-11-18(25)12-10-17/h5-12,15-16H,13-14H2,1-4H3,(H,26,27,31)/t16-/m0/s1. The average molecular weight is 487 g/mol. The van der Waals surface area contributed by atoms with Crippen LogP contribution >= 0.6 is 11.6 Å². The smallest absolute Gasteiger partial charge is 0.354 e. The number of hydrogen-bond donors (Lipinski definition) is 1. The summed E-state index contributed by atoms with van der Waals surface area (Å²) in [5.41, 5.74) is -0.0735. The number of carbonyl (C=O) groups is 1. The van der Waals surface area contributed by atoms with E-state index in [4.69, 9.17) is 21.1 Å². The van der Waals surface area contributed by atoms with Crippen LogP contribution in [0.15, 0.2) is 58.1 Å². The number of ether oxygens (including phenoxy) is 2. The molecule has 1 N–H and O–H groups in total. The van der Waals surface area contributed by atoms with Gasteiger partial charge in [0.1, 0.15) is 5.75 Å². The Morgan fingerprint density at radius 3 is 2.38 bits per heavy atom. The van der Waals surface area contributed by atoms with Gasteiger partial charge in [-0.05, 0) is 43.7 Å². The Kier molecular flexibility index (Phi) is 8.12. The summed E-state index contributed by atoms with van der Waals surface area (Å²) in [6.07, 6.45) is -0.0834. The highest BCUT2D eigenvalue weighted by Crippen LogP contribution is 2.27. The number of halogens is 1. The van der Waals surface area contributed by atoms with Crippen molar-refractivity contribution in [2.24, 2.45) is 5.92 Å². The zero-order chi connectivity index (χ0) is 24.8. The first-order valence-electron chi connectivity index (χ1n) is 10.8. The number of benzene rings is 2. The van der Waals surface area contributed by atoms with Gasteiger partial charge in [0.15, 0.2) is 0 Å². The summed E-state index contributed by atoms with van der Waals surface area (Å²) in [5, 5.41) is 3.63. The summed E-state index contributed by atoms with van der Waals surface area (Å²) in [4.78, 5) is 42.2. The Labute approximate surface area is 201 Å². The lowest BCUT2D eigenvalue weighted by atomic mass is 10.2. The first-order chi connectivity index (χ1) is 16.2. The first kappa shape index (κ1) is 25.0. The number of aromatic nitrogens is 3. The van der Waals surface area contributed by atoms with Gasteiger partial charge in [0.05, 0.1) is 31.4 Å². The molecule has 1 aromatic heterocycles. The lowest BCUT2D eigenvalue weighted by Gasteiger charge is -2.19. The Balaban J connectivity index is 2.09. The number of para-hydroxylation sites is 2. The van der Waals surface area contributed by atoms with Crippen molar-refractivity contribution in [3.63, 3.8) is 0 Å². The van der Waals surface area contributed by atoms with Gasteiger partial charge >= 0.3 is 17.3 Å². The molecule has 1 atom stereocenters. The molecule has 0 saturated carbocycles. The molecular weight excluding hydrogens is 460 g/mol. The Morgan fingerprint density at radius 2 is 1.74 bits per heavy atom. The van der Waals surface area contributed by atoms with Crippen LogP contribution in [0.25, 0.3) is 0 Å². The number of nitrogens with one attached hydrogen (secondary N) is 1. The van der Waals surface area contributed by atoms with Crippen molar-refractivity contribution in [2.75, 3.05) is 12.4 Å². The largest absolute Gasteiger partial charge is 0.489 e. The molecule has 0 amide bonds. The average Bonchev–Trinajstić information content (AvgIpc) is 2.80. The number of nitrogens with zero attached hydrogens (tertiary/aromatic N) is 3. The number of methoxy groups -OCH3 is 1. The third-order valence-electron chi connectivity index (χ3n) is 4.96. The summed E-state index contributed by atoms with van der Waals surface area (Å²) >= 11 is 5.99. The number of rotatable bonds is 9. The molecule has 0 spiro atoms. The van der Waals surface area contributed by atoms with E-state index in [1.165, 1.54) is 11.7 Å². The molecule has 0 aliphatic rings. The molecule has 0 aliphatic carbocycles. The van der Waals surface area contributed by atoms with Gasteiger partial charge in [-0.25, -0.2) is 14.2 Å². The van der Waals surface area contributed by atoms with Crippen molar-refractivity contribution in [1.29, 1.82) is 0 Å². The van der Waals surface area contributed by atoms with Crippen LogP contribution in [0.1, 0.15) is 26.3 Å². The van der Waals surface area contributed by atoms with Crippen molar-refractivity contribution in [3.8, 4) is 5.75 Å². The van der Waals surface area contributed by atoms with Crippen LogP contribution in [-0.4, -0.2) is 33.3 Å². The van der Waals surface area contributed by atoms with Crippen LogP contribution in [0.4, 0.5) is 11.6 Å². The molecule has 0 bridgehead atoms. The van der Waals surface area contributed by atoms with E-state index in [9.17, 15) is 14.4 Å². The van der Waals surface area contributed by atoms with Crippen LogP contribution in [0.5, 0.6) is 5.75 Å². The summed E-state index contributed by atoms with van der Waals surface area (Å²) in [7, 11) is 1.25. The quantitative estimate of drug-likeness (QED) is 0.462. The molecule has 1 heterocycles. The summed E-state index contributed by atoms with van der Waals surface area (Å²) in [6.45, 7) is 5.33. The maximum absolute atomic E-state index is 13.4. The monoisotopic (exact) mass is 486 g/mol. The van der Waals surface area contributed by atoms with Crippen molar-refractivity contribution < 1.29 is 14.3 Å². The zero-order valence-corrected chi connectivity index (χ0v) is 20.2. The van der Waals surface area contributed by atoms with Crippen LogP contribution in [0.3, 0.4) is 0 Å². The van der Waals surface area contributed by atoms with Gasteiger partial charge in [0, 0.05) is 11.6 Å². The molecule has 0 aliphatic heterocycles. The SMILES string of the molecule is COC(=O)[C@@H](C)Cn1c(=O)nc(Nc2ccccc2OC(C)C)n(Cc2ccc(Cl)cc2)c1=O. The van der Waals surface area contributed by atoms with E-state index in [0.29, 0.717) is 16.5 Å². The van der Waals surface area contributed by atoms with Gasteiger partial charge in [-0.3, -0.25) is 9.36 Å². The van der Waals surface area contributed by atoms with Gasteiger partial charge in [0.2, 0.25) is 5.95 Å². The molecular formula is C24H27ClN4O5. The molecule has 0 unspecified atom stereocenters. The maximum Gasteiger partial charge on any atom is 0.354 e. The summed E-state index contributed by atoms with van der Waals surface area (Å²) in [5.74, 6) is -0.641. The van der Waals surface area contributed by atoms with Crippen LogP contribution in [0, 0.1) is 5.92 Å². The summed E-state index contributed by atoms with van der Waals surface area (Å²) < 4.78 is 12.8. The number of esters is 1. The highest BCUT2D eigenvalue weighted by atomic mass is 35.5. The highest BCUT2D eigenvalue weighted by Gasteiger charge is 2.20. The van der Waals surface area contributed by atoms with E-state index in [1.807, 2.05) is 19.9 Å². The van der Waals surface area contributed by atoms with E-state index < -0.39 is 23.3 Å². The highest BCUT2D eigenvalue weighted by molar-refractivity contribution is 6.30. The van der Waals surface area contributed by atoms with Gasteiger partial charge in [-0.1, -0.05) is 42.8 Å². The Hall–Kier alpha value is -3.59. The third kappa shape index (κ3) is 6.05. The van der Waals surface area contributed by atoms with Gasteiger partial charge in [0.25, 0.3) is 0 Å². The van der Waals surface area contributed by atoms with E-state index in [-0.39, 0.29) is 25.1 Å². The Bertz CT molecular complexity index is 1270. The lowest BCUT2D eigenvalue weighted by Crippen LogP contribution is -2.44.